The number of hydrogen-bond acceptors (Lipinski definition) is 5. The molecule has 2 aromatic rings. The predicted octanol–water partition coefficient (Wildman–Crippen LogP) is 3.33. The number of hydrogen-bond donors (Lipinski definition) is 1. The first-order valence-corrected chi connectivity index (χ1v) is 10.2. The number of morpholine rings is 1. The van der Waals surface area contributed by atoms with E-state index in [4.69, 9.17) is 16.3 Å². The minimum Gasteiger partial charge on any atom is -0.465 e. The van der Waals surface area contributed by atoms with E-state index in [1.165, 1.54) is 13.2 Å². The molecule has 1 heterocycles. The maximum absolute atomic E-state index is 12.4. The fourth-order valence-corrected chi connectivity index (χ4v) is 3.43. The Labute approximate surface area is 181 Å². The van der Waals surface area contributed by atoms with Crippen molar-refractivity contribution in [2.75, 3.05) is 40.0 Å². The summed E-state index contributed by atoms with van der Waals surface area (Å²) in [6.07, 6.45) is 3.20. The van der Waals surface area contributed by atoms with E-state index < -0.39 is 0 Å². The van der Waals surface area contributed by atoms with Crippen molar-refractivity contribution in [3.05, 3.63) is 76.3 Å². The molecule has 0 bridgehead atoms. The largest absolute Gasteiger partial charge is 0.465 e. The van der Waals surface area contributed by atoms with Crippen molar-refractivity contribution in [1.29, 1.82) is 0 Å². The molecule has 1 aliphatic rings. The van der Waals surface area contributed by atoms with Gasteiger partial charge in [-0.1, -0.05) is 35.9 Å². The Hall–Kier alpha value is -2.67. The zero-order valence-electron chi connectivity index (χ0n) is 16.8. The summed E-state index contributed by atoms with van der Waals surface area (Å²) in [4.78, 5) is 26.2. The van der Waals surface area contributed by atoms with Crippen molar-refractivity contribution in [3.8, 4) is 0 Å². The maximum atomic E-state index is 12.4. The highest BCUT2D eigenvalue weighted by Gasteiger charge is 2.22. The monoisotopic (exact) mass is 428 g/mol. The molecule has 30 heavy (non-hydrogen) atoms. The van der Waals surface area contributed by atoms with Gasteiger partial charge in [0.05, 0.1) is 31.9 Å². The second-order valence-electron chi connectivity index (χ2n) is 6.91. The van der Waals surface area contributed by atoms with Crippen LogP contribution in [0.2, 0.25) is 5.02 Å². The van der Waals surface area contributed by atoms with E-state index in [0.717, 1.165) is 24.2 Å². The van der Waals surface area contributed by atoms with Gasteiger partial charge in [0, 0.05) is 30.7 Å². The second-order valence-corrected chi connectivity index (χ2v) is 7.34. The summed E-state index contributed by atoms with van der Waals surface area (Å²) in [5, 5.41) is 3.67. The molecule has 7 heteroatoms. The molecule has 1 atom stereocenters. The van der Waals surface area contributed by atoms with E-state index in [2.05, 4.69) is 15.0 Å². The van der Waals surface area contributed by atoms with E-state index in [1.54, 1.807) is 30.3 Å². The summed E-state index contributed by atoms with van der Waals surface area (Å²) in [5.41, 5.74) is 2.39. The Bertz CT molecular complexity index is 875. The number of amides is 1. The third kappa shape index (κ3) is 6.16. The van der Waals surface area contributed by atoms with Gasteiger partial charge < -0.3 is 14.8 Å². The highest BCUT2D eigenvalue weighted by Crippen LogP contribution is 2.23. The summed E-state index contributed by atoms with van der Waals surface area (Å²) in [6.45, 7) is 3.46. The Morgan fingerprint density at radius 3 is 2.43 bits per heavy atom. The van der Waals surface area contributed by atoms with Crippen molar-refractivity contribution in [3.63, 3.8) is 0 Å². The zero-order chi connectivity index (χ0) is 21.3. The lowest BCUT2D eigenvalue weighted by Crippen LogP contribution is -2.43. The van der Waals surface area contributed by atoms with Crippen LogP contribution in [0.15, 0.2) is 54.6 Å². The fourth-order valence-electron chi connectivity index (χ4n) is 3.31. The first-order valence-electron chi connectivity index (χ1n) is 9.78. The van der Waals surface area contributed by atoms with Crippen molar-refractivity contribution in [2.45, 2.75) is 6.04 Å². The zero-order valence-corrected chi connectivity index (χ0v) is 17.6. The van der Waals surface area contributed by atoms with Crippen LogP contribution < -0.4 is 5.32 Å². The smallest absolute Gasteiger partial charge is 0.337 e. The Morgan fingerprint density at radius 2 is 1.80 bits per heavy atom. The maximum Gasteiger partial charge on any atom is 0.337 e. The minimum absolute atomic E-state index is 0.0443. The van der Waals surface area contributed by atoms with Gasteiger partial charge in [0.2, 0.25) is 5.91 Å². The number of methoxy groups -OCH3 is 1. The summed E-state index contributed by atoms with van der Waals surface area (Å²) in [7, 11) is 1.34. The van der Waals surface area contributed by atoms with Crippen molar-refractivity contribution >= 4 is 29.6 Å². The molecule has 1 N–H and O–H groups in total. The van der Waals surface area contributed by atoms with Gasteiger partial charge in [-0.2, -0.15) is 0 Å². The normalized spacial score (nSPS) is 15.7. The van der Waals surface area contributed by atoms with Gasteiger partial charge >= 0.3 is 5.97 Å². The van der Waals surface area contributed by atoms with Gasteiger partial charge in [-0.3, -0.25) is 9.69 Å². The van der Waals surface area contributed by atoms with Crippen LogP contribution in [0, 0.1) is 0 Å². The number of halogens is 1. The van der Waals surface area contributed by atoms with Crippen LogP contribution in [-0.2, 0) is 14.3 Å². The molecule has 1 fully saturated rings. The lowest BCUT2D eigenvalue weighted by molar-refractivity contribution is -0.116. The Balaban J connectivity index is 1.61. The highest BCUT2D eigenvalue weighted by atomic mass is 35.5. The average Bonchev–Trinajstić information content (AvgIpc) is 2.79. The molecule has 158 valence electrons. The number of ether oxygens (including phenoxy) is 2. The van der Waals surface area contributed by atoms with E-state index in [1.807, 2.05) is 24.3 Å². The summed E-state index contributed by atoms with van der Waals surface area (Å²) in [6, 6.07) is 14.6. The predicted molar refractivity (Wildman–Crippen MR) is 116 cm³/mol. The Kier molecular flexibility index (Phi) is 8.02. The summed E-state index contributed by atoms with van der Waals surface area (Å²) in [5.74, 6) is -0.570. The molecule has 1 amide bonds. The number of nitrogens with zero attached hydrogens (tertiary/aromatic N) is 1. The first-order chi connectivity index (χ1) is 14.6. The van der Waals surface area contributed by atoms with Gasteiger partial charge in [0.1, 0.15) is 0 Å². The molecule has 2 aromatic carbocycles. The molecular weight excluding hydrogens is 404 g/mol. The average molecular weight is 429 g/mol. The van der Waals surface area contributed by atoms with Crippen LogP contribution in [0.1, 0.15) is 27.5 Å². The first kappa shape index (κ1) is 22.0. The van der Waals surface area contributed by atoms with Crippen LogP contribution in [0.25, 0.3) is 6.08 Å². The number of benzene rings is 2. The van der Waals surface area contributed by atoms with Gasteiger partial charge in [0.15, 0.2) is 0 Å². The molecule has 3 rings (SSSR count). The quantitative estimate of drug-likeness (QED) is 0.541. The van der Waals surface area contributed by atoms with Gasteiger partial charge in [0.25, 0.3) is 0 Å². The fraction of sp³-hybridized carbons (Fsp3) is 0.304. The number of esters is 1. The Morgan fingerprint density at radius 1 is 1.13 bits per heavy atom. The van der Waals surface area contributed by atoms with Crippen LogP contribution in [-0.4, -0.2) is 56.7 Å². The van der Waals surface area contributed by atoms with Crippen LogP contribution in [0.4, 0.5) is 0 Å². The topological polar surface area (TPSA) is 67.9 Å². The SMILES string of the molecule is COC(=O)c1ccc(C=CC(=O)NCC(c2ccc(Cl)cc2)N2CCOCC2)cc1. The van der Waals surface area contributed by atoms with Crippen LogP contribution in [0.3, 0.4) is 0 Å². The molecular formula is C23H25ClN2O4. The lowest BCUT2D eigenvalue weighted by atomic mass is 10.0. The van der Waals surface area contributed by atoms with Gasteiger partial charge in [-0.25, -0.2) is 4.79 Å². The number of carbonyl (C=O) groups excluding carboxylic acids is 2. The van der Waals surface area contributed by atoms with Gasteiger partial charge in [-0.05, 0) is 41.5 Å². The van der Waals surface area contributed by atoms with Gasteiger partial charge in [-0.15, -0.1) is 0 Å². The molecule has 1 aliphatic heterocycles. The number of nitrogens with one attached hydrogen (secondary N) is 1. The van der Waals surface area contributed by atoms with Crippen molar-refractivity contribution in [1.82, 2.24) is 10.2 Å². The molecule has 6 nitrogen and oxygen atoms in total. The molecule has 0 spiro atoms. The van der Waals surface area contributed by atoms with E-state index in [9.17, 15) is 9.59 Å². The van der Waals surface area contributed by atoms with Crippen LogP contribution in [0.5, 0.6) is 0 Å². The van der Waals surface area contributed by atoms with E-state index >= 15 is 0 Å². The number of rotatable bonds is 7. The molecule has 0 radical (unpaired) electrons. The molecule has 0 aliphatic carbocycles. The minimum atomic E-state index is -0.389. The molecule has 1 saturated heterocycles. The standard InChI is InChI=1S/C23H25ClN2O4/c1-29-23(28)19-5-2-17(3-6-19)4-11-22(27)25-16-21(26-12-14-30-15-13-26)18-7-9-20(24)10-8-18/h2-11,21H,12-16H2,1H3,(H,25,27). The third-order valence-corrected chi connectivity index (χ3v) is 5.22. The number of carbonyl (C=O) groups is 2. The lowest BCUT2D eigenvalue weighted by Gasteiger charge is -2.34. The van der Waals surface area contributed by atoms with Crippen molar-refractivity contribution in [2.24, 2.45) is 0 Å². The highest BCUT2D eigenvalue weighted by molar-refractivity contribution is 6.30. The van der Waals surface area contributed by atoms with E-state index in [0.29, 0.717) is 30.3 Å². The van der Waals surface area contributed by atoms with E-state index in [-0.39, 0.29) is 17.9 Å². The molecule has 0 saturated carbocycles. The second kappa shape index (κ2) is 10.9. The summed E-state index contributed by atoms with van der Waals surface area (Å²) < 4.78 is 10.1. The molecule has 1 unspecified atom stereocenters. The molecule has 0 aromatic heterocycles. The van der Waals surface area contributed by atoms with Crippen LogP contribution >= 0.6 is 11.6 Å². The van der Waals surface area contributed by atoms with Crippen molar-refractivity contribution < 1.29 is 19.1 Å². The third-order valence-electron chi connectivity index (χ3n) is 4.97. The summed E-state index contributed by atoms with van der Waals surface area (Å²) >= 11 is 6.03.